The molecule has 0 aromatic heterocycles. The van der Waals surface area contributed by atoms with Crippen LogP contribution in [-0.2, 0) is 4.79 Å². The number of carbonyl (C=O) groups is 1. The van der Waals surface area contributed by atoms with Gasteiger partial charge in [0.25, 0.3) is 0 Å². The lowest BCUT2D eigenvalue weighted by Gasteiger charge is -2.26. The second kappa shape index (κ2) is 8.76. The van der Waals surface area contributed by atoms with Gasteiger partial charge in [-0.25, -0.2) is 0 Å². The molecule has 0 spiro atoms. The van der Waals surface area contributed by atoms with Gasteiger partial charge < -0.3 is 15.4 Å². The van der Waals surface area contributed by atoms with Gasteiger partial charge >= 0.3 is 0 Å². The van der Waals surface area contributed by atoms with E-state index in [1.54, 1.807) is 0 Å². The number of benzene rings is 1. The minimum atomic E-state index is 0.00635. The van der Waals surface area contributed by atoms with Crippen LogP contribution in [0.25, 0.3) is 0 Å². The maximum Gasteiger partial charge on any atom is 0.238 e. The van der Waals surface area contributed by atoms with Crippen molar-refractivity contribution in [3.63, 3.8) is 0 Å². The number of likely N-dealkylation sites (N-methyl/N-ethyl adjacent to an activating group) is 1. The molecule has 1 saturated heterocycles. The molecule has 1 aromatic rings. The largest absolute Gasteiger partial charge is 0.492 e. The number of rotatable bonds is 6. The van der Waals surface area contributed by atoms with E-state index in [4.69, 9.17) is 4.74 Å². The van der Waals surface area contributed by atoms with Crippen molar-refractivity contribution in [3.8, 4) is 5.75 Å². The fourth-order valence-electron chi connectivity index (χ4n) is 2.84. The number of nitrogens with zero attached hydrogens (tertiary/aromatic N) is 1. The fourth-order valence-corrected chi connectivity index (χ4v) is 2.84. The topological polar surface area (TPSA) is 53.6 Å². The molecule has 2 N–H and O–H groups in total. The highest BCUT2D eigenvalue weighted by molar-refractivity contribution is 5.93. The Morgan fingerprint density at radius 1 is 1.36 bits per heavy atom. The average molecular weight is 305 g/mol. The molecule has 0 radical (unpaired) electrons. The predicted molar refractivity (Wildman–Crippen MR) is 89.4 cm³/mol. The van der Waals surface area contributed by atoms with Gasteiger partial charge in [0.15, 0.2) is 0 Å². The zero-order valence-electron chi connectivity index (χ0n) is 13.6. The second-order valence-corrected chi connectivity index (χ2v) is 5.73. The van der Waals surface area contributed by atoms with Gasteiger partial charge in [-0.05, 0) is 58.5 Å². The van der Waals surface area contributed by atoms with Gasteiger partial charge in [-0.2, -0.15) is 0 Å². The number of nitrogens with one attached hydrogen (secondary N) is 2. The summed E-state index contributed by atoms with van der Waals surface area (Å²) in [6.07, 6.45) is 3.41. The Bertz CT molecular complexity index is 471. The van der Waals surface area contributed by atoms with Gasteiger partial charge in [-0.3, -0.25) is 9.69 Å². The predicted octanol–water partition coefficient (Wildman–Crippen LogP) is 2.10. The van der Waals surface area contributed by atoms with Crippen molar-refractivity contribution in [1.82, 2.24) is 10.2 Å². The summed E-state index contributed by atoms with van der Waals surface area (Å²) >= 11 is 0. The third-order valence-electron chi connectivity index (χ3n) is 4.02. The lowest BCUT2D eigenvalue weighted by molar-refractivity contribution is -0.117. The van der Waals surface area contributed by atoms with Crippen LogP contribution in [-0.4, -0.2) is 50.1 Å². The van der Waals surface area contributed by atoms with Gasteiger partial charge in [0.1, 0.15) is 5.75 Å². The molecule has 5 heteroatoms. The van der Waals surface area contributed by atoms with Crippen molar-refractivity contribution in [2.24, 2.45) is 0 Å². The summed E-state index contributed by atoms with van der Waals surface area (Å²) in [5, 5.41) is 6.36. The first-order valence-electron chi connectivity index (χ1n) is 8.13. The molecule has 1 aromatic carbocycles. The van der Waals surface area contributed by atoms with Crippen LogP contribution in [0.15, 0.2) is 24.3 Å². The van der Waals surface area contributed by atoms with Gasteiger partial charge in [-0.15, -0.1) is 0 Å². The van der Waals surface area contributed by atoms with Crippen LogP contribution in [0.1, 0.15) is 26.2 Å². The minimum absolute atomic E-state index is 0.00635. The number of para-hydroxylation sites is 2. The molecule has 1 aliphatic rings. The summed E-state index contributed by atoms with van der Waals surface area (Å²) in [6.45, 7) is 5.04. The fraction of sp³-hybridized carbons (Fsp3) is 0.588. The summed E-state index contributed by atoms with van der Waals surface area (Å²) in [4.78, 5) is 14.4. The lowest BCUT2D eigenvalue weighted by atomic mass is 10.1. The van der Waals surface area contributed by atoms with Crippen LogP contribution in [0.2, 0.25) is 0 Å². The van der Waals surface area contributed by atoms with Gasteiger partial charge in [0, 0.05) is 6.04 Å². The molecule has 1 amide bonds. The Hall–Kier alpha value is -1.59. The Balaban J connectivity index is 1.89. The minimum Gasteiger partial charge on any atom is -0.492 e. The van der Waals surface area contributed by atoms with Gasteiger partial charge in [0.05, 0.1) is 18.8 Å². The van der Waals surface area contributed by atoms with Crippen molar-refractivity contribution in [2.45, 2.75) is 32.2 Å². The lowest BCUT2D eigenvalue weighted by Crippen LogP contribution is -2.38. The molecule has 1 heterocycles. The summed E-state index contributed by atoms with van der Waals surface area (Å²) in [5.41, 5.74) is 0.741. The standard InChI is InChI=1S/C17H27N3O2/c1-3-22-16-9-5-4-8-15(16)19-17(21)13-20(2)14-7-6-11-18-12-10-14/h4-5,8-9,14,18H,3,6-7,10-13H2,1-2H3,(H,19,21). The van der Waals surface area contributed by atoms with E-state index in [1.165, 1.54) is 6.42 Å². The molecule has 1 atom stereocenters. The Kier molecular flexibility index (Phi) is 6.68. The molecule has 0 bridgehead atoms. The van der Waals surface area contributed by atoms with E-state index in [0.717, 1.165) is 37.4 Å². The van der Waals surface area contributed by atoms with E-state index in [1.807, 2.05) is 38.2 Å². The quantitative estimate of drug-likeness (QED) is 0.845. The zero-order valence-corrected chi connectivity index (χ0v) is 13.6. The Morgan fingerprint density at radius 3 is 3.00 bits per heavy atom. The van der Waals surface area contributed by atoms with Crippen molar-refractivity contribution in [3.05, 3.63) is 24.3 Å². The number of hydrogen-bond acceptors (Lipinski definition) is 4. The number of anilines is 1. The Morgan fingerprint density at radius 2 is 2.18 bits per heavy atom. The van der Waals surface area contributed by atoms with Crippen LogP contribution in [0.5, 0.6) is 5.75 Å². The molecule has 0 saturated carbocycles. The smallest absolute Gasteiger partial charge is 0.238 e. The van der Waals surface area contributed by atoms with Gasteiger partial charge in [-0.1, -0.05) is 12.1 Å². The van der Waals surface area contributed by atoms with E-state index in [-0.39, 0.29) is 5.91 Å². The maximum absolute atomic E-state index is 12.3. The SMILES string of the molecule is CCOc1ccccc1NC(=O)CN(C)C1CCCNCC1. The third kappa shape index (κ3) is 5.00. The van der Waals surface area contributed by atoms with Crippen LogP contribution >= 0.6 is 0 Å². The van der Waals surface area contributed by atoms with Crippen LogP contribution in [0.4, 0.5) is 5.69 Å². The molecular weight excluding hydrogens is 278 g/mol. The summed E-state index contributed by atoms with van der Waals surface area (Å²) < 4.78 is 5.54. The molecule has 22 heavy (non-hydrogen) atoms. The van der Waals surface area contributed by atoms with Crippen LogP contribution in [0, 0.1) is 0 Å². The van der Waals surface area contributed by atoms with E-state index >= 15 is 0 Å². The molecule has 1 aliphatic heterocycles. The first kappa shape index (κ1) is 16.8. The van der Waals surface area contributed by atoms with Crippen molar-refractivity contribution in [1.29, 1.82) is 0 Å². The highest BCUT2D eigenvalue weighted by Gasteiger charge is 2.19. The van der Waals surface area contributed by atoms with E-state index in [2.05, 4.69) is 15.5 Å². The van der Waals surface area contributed by atoms with Gasteiger partial charge in [0.2, 0.25) is 5.91 Å². The summed E-state index contributed by atoms with van der Waals surface area (Å²) in [7, 11) is 2.03. The number of carbonyl (C=O) groups excluding carboxylic acids is 1. The van der Waals surface area contributed by atoms with Crippen LogP contribution in [0.3, 0.4) is 0 Å². The molecule has 5 nitrogen and oxygen atoms in total. The maximum atomic E-state index is 12.3. The third-order valence-corrected chi connectivity index (χ3v) is 4.02. The summed E-state index contributed by atoms with van der Waals surface area (Å²) in [6, 6.07) is 8.03. The highest BCUT2D eigenvalue weighted by atomic mass is 16.5. The summed E-state index contributed by atoms with van der Waals surface area (Å²) in [5.74, 6) is 0.728. The second-order valence-electron chi connectivity index (χ2n) is 5.73. The molecule has 2 rings (SSSR count). The van der Waals surface area contributed by atoms with E-state index in [9.17, 15) is 4.79 Å². The van der Waals surface area contributed by atoms with Crippen molar-refractivity contribution < 1.29 is 9.53 Å². The average Bonchev–Trinajstić information content (AvgIpc) is 2.78. The number of hydrogen-bond donors (Lipinski definition) is 2. The monoisotopic (exact) mass is 305 g/mol. The zero-order chi connectivity index (χ0) is 15.8. The normalized spacial score (nSPS) is 18.8. The number of amides is 1. The molecule has 0 aliphatic carbocycles. The van der Waals surface area contributed by atoms with E-state index < -0.39 is 0 Å². The highest BCUT2D eigenvalue weighted by Crippen LogP contribution is 2.23. The van der Waals surface area contributed by atoms with E-state index in [0.29, 0.717) is 19.2 Å². The molecule has 122 valence electrons. The first-order chi connectivity index (χ1) is 10.7. The molecule has 1 unspecified atom stereocenters. The van der Waals surface area contributed by atoms with Crippen molar-refractivity contribution in [2.75, 3.05) is 38.6 Å². The molecule has 1 fully saturated rings. The Labute approximate surface area is 133 Å². The van der Waals surface area contributed by atoms with Crippen LogP contribution < -0.4 is 15.4 Å². The molecular formula is C17H27N3O2. The number of ether oxygens (including phenoxy) is 1. The van der Waals surface area contributed by atoms with Crippen molar-refractivity contribution >= 4 is 11.6 Å². The first-order valence-corrected chi connectivity index (χ1v) is 8.13.